The molecule has 3 aliphatic rings. The highest BCUT2D eigenvalue weighted by Crippen LogP contribution is 2.29. The zero-order valence-corrected chi connectivity index (χ0v) is 24.1. The Morgan fingerprint density at radius 1 is 1.05 bits per heavy atom. The summed E-state index contributed by atoms with van der Waals surface area (Å²) in [5, 5.41) is 6.71. The number of likely N-dealkylation sites (tertiary alicyclic amines) is 2. The number of aryl methyl sites for hydroxylation is 2. The molecule has 1 aromatic heterocycles. The average Bonchev–Trinajstić information content (AvgIpc) is 3.25. The number of hydrogen-bond acceptors (Lipinski definition) is 5. The fraction of sp³-hybridized carbons (Fsp3) is 0.517. The van der Waals surface area contributed by atoms with Gasteiger partial charge in [-0.15, -0.1) is 12.4 Å². The first-order valence-corrected chi connectivity index (χ1v) is 14.0. The van der Waals surface area contributed by atoms with Crippen molar-refractivity contribution in [1.82, 2.24) is 20.1 Å². The van der Waals surface area contributed by atoms with Gasteiger partial charge in [0.15, 0.2) is 0 Å². The third-order valence-electron chi connectivity index (χ3n) is 8.04. The molecule has 3 heterocycles. The Bertz CT molecular complexity index is 1230. The van der Waals surface area contributed by atoms with Gasteiger partial charge in [0.25, 0.3) is 5.91 Å². The van der Waals surface area contributed by atoms with Crippen molar-refractivity contribution in [3.63, 3.8) is 0 Å². The summed E-state index contributed by atoms with van der Waals surface area (Å²) in [4.78, 5) is 47.5. The molecule has 2 aliphatic heterocycles. The summed E-state index contributed by atoms with van der Waals surface area (Å²) >= 11 is 6.17. The number of carbonyl (C=O) groups excluding carboxylic acids is 3. The van der Waals surface area contributed by atoms with Gasteiger partial charge in [0.1, 0.15) is 11.9 Å². The first kappa shape index (κ1) is 29.3. The first-order chi connectivity index (χ1) is 18.3. The third kappa shape index (κ3) is 6.91. The SMILES string of the molecule is Cc1cc(C(=O)NC2CCC2)cc(NC(=O)[C@H]2CCC(=O)N2C2CCN(Cc3ccc(Cl)c(C)c3)CC2)n1.Cl. The molecule has 1 atom stereocenters. The van der Waals surface area contributed by atoms with Gasteiger partial charge in [0.2, 0.25) is 11.8 Å². The smallest absolute Gasteiger partial charge is 0.251 e. The van der Waals surface area contributed by atoms with Gasteiger partial charge in [0.05, 0.1) is 0 Å². The van der Waals surface area contributed by atoms with Crippen LogP contribution in [-0.4, -0.2) is 63.7 Å². The van der Waals surface area contributed by atoms with E-state index in [0.717, 1.165) is 62.3 Å². The number of hydrogen-bond donors (Lipinski definition) is 2. The van der Waals surface area contributed by atoms with E-state index >= 15 is 0 Å². The maximum Gasteiger partial charge on any atom is 0.251 e. The Morgan fingerprint density at radius 3 is 2.46 bits per heavy atom. The summed E-state index contributed by atoms with van der Waals surface area (Å²) in [7, 11) is 0. The maximum atomic E-state index is 13.3. The van der Waals surface area contributed by atoms with Crippen molar-refractivity contribution in [3.8, 4) is 0 Å². The van der Waals surface area contributed by atoms with Crippen LogP contribution in [0.1, 0.15) is 72.1 Å². The maximum absolute atomic E-state index is 13.3. The van der Waals surface area contributed by atoms with Crippen LogP contribution in [0, 0.1) is 13.8 Å². The largest absolute Gasteiger partial charge is 0.349 e. The Balaban J connectivity index is 0.00000353. The van der Waals surface area contributed by atoms with Crippen molar-refractivity contribution < 1.29 is 14.4 Å². The minimum atomic E-state index is -0.521. The third-order valence-corrected chi connectivity index (χ3v) is 8.47. The molecule has 2 aromatic rings. The van der Waals surface area contributed by atoms with Crippen molar-refractivity contribution in [2.45, 2.75) is 83.5 Å². The number of pyridine rings is 1. The van der Waals surface area contributed by atoms with Gasteiger partial charge in [0, 0.05) is 54.4 Å². The number of halogens is 2. The van der Waals surface area contributed by atoms with Gasteiger partial charge in [-0.1, -0.05) is 23.7 Å². The molecule has 10 heteroatoms. The molecule has 0 spiro atoms. The van der Waals surface area contributed by atoms with Crippen LogP contribution in [-0.2, 0) is 16.1 Å². The number of carbonyl (C=O) groups is 3. The van der Waals surface area contributed by atoms with Gasteiger partial charge in [-0.3, -0.25) is 19.3 Å². The second kappa shape index (κ2) is 12.7. The zero-order chi connectivity index (χ0) is 26.8. The Labute approximate surface area is 241 Å². The summed E-state index contributed by atoms with van der Waals surface area (Å²) in [5.74, 6) is 0.00286. The lowest BCUT2D eigenvalue weighted by Gasteiger charge is -2.39. The predicted octanol–water partition coefficient (Wildman–Crippen LogP) is 4.65. The van der Waals surface area contributed by atoms with Crippen molar-refractivity contribution in [3.05, 3.63) is 57.7 Å². The molecule has 0 unspecified atom stereocenters. The molecule has 8 nitrogen and oxygen atoms in total. The predicted molar refractivity (Wildman–Crippen MR) is 154 cm³/mol. The zero-order valence-electron chi connectivity index (χ0n) is 22.5. The molecule has 1 aromatic carbocycles. The average molecular weight is 575 g/mol. The Morgan fingerprint density at radius 2 is 1.79 bits per heavy atom. The molecule has 0 radical (unpaired) electrons. The van der Waals surface area contributed by atoms with Crippen LogP contribution >= 0.6 is 24.0 Å². The standard InChI is InChI=1S/C29H36ClN5O3.ClH/c1-18-14-20(6-7-24(18)30)17-34-12-10-23(11-13-34)35-25(8-9-27(35)36)29(38)33-26-16-21(15-19(2)31-26)28(37)32-22-4-3-5-22;/h6-7,14-16,22-23,25H,3-5,8-13,17H2,1-2H3,(H,32,37)(H,31,33,38);1H/t25-;/m1./s1. The lowest BCUT2D eigenvalue weighted by molar-refractivity contribution is -0.136. The molecule has 2 N–H and O–H groups in total. The van der Waals surface area contributed by atoms with Crippen LogP contribution < -0.4 is 10.6 Å². The van der Waals surface area contributed by atoms with Gasteiger partial charge in [-0.2, -0.15) is 0 Å². The number of anilines is 1. The number of nitrogens with zero attached hydrogens (tertiary/aromatic N) is 3. The van der Waals surface area contributed by atoms with Crippen molar-refractivity contribution >= 4 is 47.5 Å². The second-order valence-corrected chi connectivity index (χ2v) is 11.3. The van der Waals surface area contributed by atoms with Crippen LogP contribution in [0.5, 0.6) is 0 Å². The van der Waals surface area contributed by atoms with E-state index in [-0.39, 0.29) is 42.2 Å². The molecule has 2 saturated heterocycles. The molecule has 3 amide bonds. The van der Waals surface area contributed by atoms with Crippen LogP contribution in [0.15, 0.2) is 30.3 Å². The van der Waals surface area contributed by atoms with E-state index in [1.165, 1.54) is 5.56 Å². The van der Waals surface area contributed by atoms with Crippen molar-refractivity contribution in [1.29, 1.82) is 0 Å². The summed E-state index contributed by atoms with van der Waals surface area (Å²) in [6.45, 7) is 6.39. The van der Waals surface area contributed by atoms with E-state index in [0.29, 0.717) is 29.9 Å². The highest BCUT2D eigenvalue weighted by atomic mass is 35.5. The summed E-state index contributed by atoms with van der Waals surface area (Å²) in [5.41, 5.74) is 3.45. The summed E-state index contributed by atoms with van der Waals surface area (Å²) in [6, 6.07) is 9.23. The second-order valence-electron chi connectivity index (χ2n) is 10.9. The van der Waals surface area contributed by atoms with E-state index in [4.69, 9.17) is 11.6 Å². The molecule has 3 fully saturated rings. The molecular formula is C29H37Cl2N5O3. The van der Waals surface area contributed by atoms with E-state index in [9.17, 15) is 14.4 Å². The number of nitrogens with one attached hydrogen (secondary N) is 2. The molecule has 210 valence electrons. The highest BCUT2D eigenvalue weighted by Gasteiger charge is 2.41. The van der Waals surface area contributed by atoms with Gasteiger partial charge in [-0.25, -0.2) is 4.98 Å². The molecule has 0 bridgehead atoms. The molecule has 5 rings (SSSR count). The Kier molecular flexibility index (Phi) is 9.51. The van der Waals surface area contributed by atoms with Crippen LogP contribution in [0.3, 0.4) is 0 Å². The van der Waals surface area contributed by atoms with Crippen LogP contribution in [0.2, 0.25) is 5.02 Å². The molecular weight excluding hydrogens is 537 g/mol. The number of piperidine rings is 1. The molecule has 39 heavy (non-hydrogen) atoms. The van der Waals surface area contributed by atoms with Crippen LogP contribution in [0.25, 0.3) is 0 Å². The van der Waals surface area contributed by atoms with Gasteiger partial charge < -0.3 is 15.5 Å². The van der Waals surface area contributed by atoms with Crippen LogP contribution in [0.4, 0.5) is 5.82 Å². The number of benzene rings is 1. The van der Waals surface area contributed by atoms with E-state index < -0.39 is 6.04 Å². The lowest BCUT2D eigenvalue weighted by atomic mass is 9.93. The van der Waals surface area contributed by atoms with E-state index in [1.54, 1.807) is 24.0 Å². The minimum Gasteiger partial charge on any atom is -0.349 e. The summed E-state index contributed by atoms with van der Waals surface area (Å²) < 4.78 is 0. The Hall–Kier alpha value is -2.68. The van der Waals surface area contributed by atoms with Crippen molar-refractivity contribution in [2.75, 3.05) is 18.4 Å². The normalized spacial score (nSPS) is 20.3. The fourth-order valence-corrected chi connectivity index (χ4v) is 5.85. The lowest BCUT2D eigenvalue weighted by Crippen LogP contribution is -2.51. The quantitative estimate of drug-likeness (QED) is 0.502. The van der Waals surface area contributed by atoms with Crippen molar-refractivity contribution in [2.24, 2.45) is 0 Å². The molecule has 1 aliphatic carbocycles. The van der Waals surface area contributed by atoms with E-state index in [1.807, 2.05) is 13.0 Å². The monoisotopic (exact) mass is 573 g/mol. The summed E-state index contributed by atoms with van der Waals surface area (Å²) in [6.07, 6.45) is 5.68. The molecule has 1 saturated carbocycles. The minimum absolute atomic E-state index is 0. The van der Waals surface area contributed by atoms with Gasteiger partial charge >= 0.3 is 0 Å². The number of amides is 3. The highest BCUT2D eigenvalue weighted by molar-refractivity contribution is 6.31. The van der Waals surface area contributed by atoms with Gasteiger partial charge in [-0.05, 0) is 81.7 Å². The first-order valence-electron chi connectivity index (χ1n) is 13.7. The van der Waals surface area contributed by atoms with E-state index in [2.05, 4.69) is 32.7 Å². The number of rotatable bonds is 7. The fourth-order valence-electron chi connectivity index (χ4n) is 5.73. The number of aromatic nitrogens is 1. The topological polar surface area (TPSA) is 94.6 Å².